The quantitative estimate of drug-likeness (QED) is 0.268. The van der Waals surface area contributed by atoms with Crippen LogP contribution in [0.3, 0.4) is 0 Å². The molecule has 0 spiro atoms. The van der Waals surface area contributed by atoms with Crippen molar-refractivity contribution in [1.29, 1.82) is 0 Å². The molecule has 0 bridgehead atoms. The number of aromatic nitrogens is 6. The summed E-state index contributed by atoms with van der Waals surface area (Å²) in [5.41, 5.74) is 1.51. The molecule has 0 saturated heterocycles. The summed E-state index contributed by atoms with van der Waals surface area (Å²) in [5, 5.41) is 6.37. The summed E-state index contributed by atoms with van der Waals surface area (Å²) in [6.07, 6.45) is 7.06. The van der Waals surface area contributed by atoms with E-state index in [0.717, 1.165) is 11.4 Å². The van der Waals surface area contributed by atoms with Gasteiger partial charge in [-0.3, -0.25) is 0 Å². The number of hydrogen-bond acceptors (Lipinski definition) is 12. The zero-order chi connectivity index (χ0) is 27.3. The van der Waals surface area contributed by atoms with Crippen molar-refractivity contribution in [2.45, 2.75) is 0 Å². The third-order valence-electron chi connectivity index (χ3n) is 4.93. The number of rotatable bonds is 16. The van der Waals surface area contributed by atoms with Gasteiger partial charge in [0.15, 0.2) is 0 Å². The molecule has 0 aliphatic carbocycles. The third kappa shape index (κ3) is 7.50. The summed E-state index contributed by atoms with van der Waals surface area (Å²) < 4.78 is 10.5. The minimum atomic E-state index is 0.190. The normalized spacial score (nSPS) is 10.2. The van der Waals surface area contributed by atoms with E-state index in [9.17, 15) is 0 Å². The number of hydrogen-bond donors (Lipinski definition) is 2. The topological polar surface area (TPSA) is 126 Å². The van der Waals surface area contributed by atoms with Crippen molar-refractivity contribution in [1.82, 2.24) is 29.9 Å². The Morgan fingerprint density at radius 2 is 0.947 bits per heavy atom. The molecule has 198 valence electrons. The van der Waals surface area contributed by atoms with Crippen LogP contribution < -0.4 is 29.9 Å². The fourth-order valence-corrected chi connectivity index (χ4v) is 3.26. The standard InChI is InChI=1S/C26H32N10O2/c1-7-15-35(16-8-2)23-29-21(31-25(33-23)37-5)27-19-11-13-20(14-12-19)28-22-30-24(34-26(32-22)38-6)36(17-9-3)18-10-4/h7-14H,1-4,15-18H2,5-6H3,(H,27,29,31,33)(H,28,30,32,34). The van der Waals surface area contributed by atoms with E-state index < -0.39 is 0 Å². The minimum Gasteiger partial charge on any atom is -0.467 e. The van der Waals surface area contributed by atoms with Gasteiger partial charge < -0.3 is 29.9 Å². The molecule has 0 aliphatic rings. The number of nitrogens with one attached hydrogen (secondary N) is 2. The zero-order valence-electron chi connectivity index (χ0n) is 21.7. The SMILES string of the molecule is C=CCN(CC=C)c1nc(Nc2ccc(Nc3nc(OC)nc(N(CC=C)CC=C)n3)cc2)nc(OC)n1. The number of methoxy groups -OCH3 is 2. The van der Waals surface area contributed by atoms with E-state index in [4.69, 9.17) is 9.47 Å². The second-order valence-corrected chi connectivity index (χ2v) is 7.68. The van der Waals surface area contributed by atoms with E-state index in [1.54, 1.807) is 24.3 Å². The number of benzene rings is 1. The molecule has 0 fully saturated rings. The number of anilines is 6. The van der Waals surface area contributed by atoms with Gasteiger partial charge in [-0.1, -0.05) is 24.3 Å². The highest BCUT2D eigenvalue weighted by molar-refractivity contribution is 5.62. The summed E-state index contributed by atoms with van der Waals surface area (Å²) in [7, 11) is 3.01. The smallest absolute Gasteiger partial charge is 0.322 e. The largest absolute Gasteiger partial charge is 0.467 e. The number of ether oxygens (including phenoxy) is 2. The maximum absolute atomic E-state index is 5.27. The summed E-state index contributed by atoms with van der Waals surface area (Å²) in [4.78, 5) is 30.1. The first-order chi connectivity index (χ1) is 18.5. The Hall–Kier alpha value is -5.00. The highest BCUT2D eigenvalue weighted by Crippen LogP contribution is 2.23. The lowest BCUT2D eigenvalue weighted by molar-refractivity contribution is 0.378. The monoisotopic (exact) mass is 516 g/mol. The van der Waals surface area contributed by atoms with Crippen LogP contribution in [0.2, 0.25) is 0 Å². The molecule has 3 rings (SSSR count). The van der Waals surface area contributed by atoms with E-state index in [1.165, 1.54) is 14.2 Å². The van der Waals surface area contributed by atoms with Crippen LogP contribution in [0.25, 0.3) is 0 Å². The molecule has 38 heavy (non-hydrogen) atoms. The van der Waals surface area contributed by atoms with Gasteiger partial charge in [0.05, 0.1) is 14.2 Å². The van der Waals surface area contributed by atoms with Gasteiger partial charge in [0.25, 0.3) is 0 Å². The highest BCUT2D eigenvalue weighted by atomic mass is 16.5. The molecular formula is C26H32N10O2. The molecule has 12 heteroatoms. The lowest BCUT2D eigenvalue weighted by atomic mass is 10.3. The summed E-state index contributed by atoms with van der Waals surface area (Å²) in [6, 6.07) is 7.84. The van der Waals surface area contributed by atoms with Gasteiger partial charge in [-0.25, -0.2) is 0 Å². The Bertz CT molecular complexity index is 1130. The van der Waals surface area contributed by atoms with Gasteiger partial charge in [-0.2, -0.15) is 29.9 Å². The van der Waals surface area contributed by atoms with Crippen molar-refractivity contribution < 1.29 is 9.47 Å². The van der Waals surface area contributed by atoms with Crippen molar-refractivity contribution >= 4 is 35.2 Å². The Balaban J connectivity index is 1.80. The number of nitrogens with zero attached hydrogens (tertiary/aromatic N) is 8. The van der Waals surface area contributed by atoms with Gasteiger partial charge in [0.1, 0.15) is 0 Å². The molecule has 0 atom stereocenters. The van der Waals surface area contributed by atoms with E-state index in [1.807, 2.05) is 34.1 Å². The molecule has 2 aromatic heterocycles. The van der Waals surface area contributed by atoms with Crippen molar-refractivity contribution in [2.75, 3.05) is 60.8 Å². The molecule has 3 aromatic rings. The lowest BCUT2D eigenvalue weighted by Gasteiger charge is -2.20. The van der Waals surface area contributed by atoms with Gasteiger partial charge in [-0.05, 0) is 24.3 Å². The van der Waals surface area contributed by atoms with Crippen molar-refractivity contribution in [3.05, 3.63) is 74.9 Å². The van der Waals surface area contributed by atoms with E-state index in [2.05, 4.69) is 66.9 Å². The predicted molar refractivity (Wildman–Crippen MR) is 151 cm³/mol. The van der Waals surface area contributed by atoms with Crippen molar-refractivity contribution in [3.8, 4) is 12.0 Å². The summed E-state index contributed by atoms with van der Waals surface area (Å²) in [6.45, 7) is 17.3. The Labute approximate surface area is 222 Å². The Morgan fingerprint density at radius 3 is 1.24 bits per heavy atom. The van der Waals surface area contributed by atoms with E-state index >= 15 is 0 Å². The van der Waals surface area contributed by atoms with E-state index in [0.29, 0.717) is 50.0 Å². The van der Waals surface area contributed by atoms with Crippen molar-refractivity contribution in [2.24, 2.45) is 0 Å². The fourth-order valence-electron chi connectivity index (χ4n) is 3.26. The fraction of sp³-hybridized carbons (Fsp3) is 0.231. The maximum atomic E-state index is 5.27. The van der Waals surface area contributed by atoms with E-state index in [-0.39, 0.29) is 12.0 Å². The van der Waals surface area contributed by atoms with Crippen LogP contribution in [0.1, 0.15) is 0 Å². The lowest BCUT2D eigenvalue weighted by Crippen LogP contribution is -2.26. The van der Waals surface area contributed by atoms with Crippen LogP contribution in [0, 0.1) is 0 Å². The first-order valence-corrected chi connectivity index (χ1v) is 11.7. The molecule has 2 N–H and O–H groups in total. The zero-order valence-corrected chi connectivity index (χ0v) is 21.7. The second kappa shape index (κ2) is 13.9. The van der Waals surface area contributed by atoms with Crippen molar-refractivity contribution in [3.63, 3.8) is 0 Å². The molecular weight excluding hydrogens is 484 g/mol. The van der Waals surface area contributed by atoms with Gasteiger partial charge in [0.2, 0.25) is 23.8 Å². The molecule has 2 heterocycles. The molecule has 0 unspecified atom stereocenters. The molecule has 0 saturated carbocycles. The van der Waals surface area contributed by atoms with Crippen LogP contribution in [-0.2, 0) is 0 Å². The summed E-state index contributed by atoms with van der Waals surface area (Å²) in [5.74, 6) is 1.56. The Kier molecular flexibility index (Phi) is 10.1. The molecule has 0 amide bonds. The minimum absolute atomic E-state index is 0.190. The molecule has 0 radical (unpaired) electrons. The summed E-state index contributed by atoms with van der Waals surface area (Å²) >= 11 is 0. The second-order valence-electron chi connectivity index (χ2n) is 7.68. The third-order valence-corrected chi connectivity index (χ3v) is 4.93. The predicted octanol–water partition coefficient (Wildman–Crippen LogP) is 3.92. The first-order valence-electron chi connectivity index (χ1n) is 11.7. The van der Waals surface area contributed by atoms with Crippen LogP contribution in [-0.4, -0.2) is 70.3 Å². The highest BCUT2D eigenvalue weighted by Gasteiger charge is 2.14. The van der Waals surface area contributed by atoms with Gasteiger partial charge in [-0.15, -0.1) is 26.3 Å². The Morgan fingerprint density at radius 1 is 0.605 bits per heavy atom. The molecule has 12 nitrogen and oxygen atoms in total. The first kappa shape index (κ1) is 27.6. The van der Waals surface area contributed by atoms with Crippen LogP contribution in [0.4, 0.5) is 35.2 Å². The van der Waals surface area contributed by atoms with Crippen LogP contribution in [0.5, 0.6) is 12.0 Å². The van der Waals surface area contributed by atoms with Gasteiger partial charge in [0, 0.05) is 37.6 Å². The average Bonchev–Trinajstić information content (AvgIpc) is 2.93. The molecule has 1 aromatic carbocycles. The van der Waals surface area contributed by atoms with Gasteiger partial charge >= 0.3 is 12.0 Å². The van der Waals surface area contributed by atoms with Crippen LogP contribution >= 0.6 is 0 Å². The average molecular weight is 517 g/mol. The molecule has 0 aliphatic heterocycles. The maximum Gasteiger partial charge on any atom is 0.322 e. The van der Waals surface area contributed by atoms with Crippen LogP contribution in [0.15, 0.2) is 74.9 Å².